The van der Waals surface area contributed by atoms with Gasteiger partial charge < -0.3 is 18.8 Å². The third-order valence-electron chi connectivity index (χ3n) is 2.40. The summed E-state index contributed by atoms with van der Waals surface area (Å²) >= 11 is 10.0. The van der Waals surface area contributed by atoms with E-state index in [2.05, 4.69) is 8.58 Å². The van der Waals surface area contributed by atoms with E-state index in [-0.39, 0.29) is 42.1 Å². The topological polar surface area (TPSA) is 93.1 Å². The van der Waals surface area contributed by atoms with Crippen molar-refractivity contribution in [2.24, 2.45) is 0 Å². The van der Waals surface area contributed by atoms with Gasteiger partial charge in [0.25, 0.3) is 0 Å². The third kappa shape index (κ3) is 6.44. The molecule has 0 saturated carbocycles. The molecule has 2 aromatic rings. The molecule has 6 nitrogen and oxygen atoms in total. The summed E-state index contributed by atoms with van der Waals surface area (Å²) in [4.78, 5) is 20.9. The Labute approximate surface area is 154 Å². The van der Waals surface area contributed by atoms with Crippen LogP contribution in [0.3, 0.4) is 0 Å². The zero-order valence-electron chi connectivity index (χ0n) is 11.6. The molecule has 0 bridgehead atoms. The molecule has 0 aliphatic carbocycles. The van der Waals surface area contributed by atoms with E-state index in [0.717, 1.165) is 0 Å². The number of carboxylic acid groups (broad SMARTS) is 2. The van der Waals surface area contributed by atoms with Gasteiger partial charge in [-0.25, -0.2) is 9.59 Å². The zero-order valence-corrected chi connectivity index (χ0v) is 16.1. The second kappa shape index (κ2) is 10.8. The van der Waals surface area contributed by atoms with Gasteiger partial charge in [-0.05, 0) is 24.3 Å². The summed E-state index contributed by atoms with van der Waals surface area (Å²) in [5.74, 6) is -1.80. The number of hydrogen-bond acceptors (Lipinski definition) is 4. The molecule has 2 rings (SSSR count). The van der Waals surface area contributed by atoms with Crippen LogP contribution >= 0.6 is 23.7 Å². The van der Waals surface area contributed by atoms with Crippen LogP contribution in [0, 0.1) is 0 Å². The SMILES string of the molecule is O=C(O)c1ccccc1OCl.O=C(O)c1ccccc1OCl.[Zn]. The van der Waals surface area contributed by atoms with Crippen LogP contribution in [0.15, 0.2) is 48.5 Å². The Hall–Kier alpha value is -1.82. The minimum atomic E-state index is -1.05. The molecule has 0 aromatic heterocycles. The second-order valence-electron chi connectivity index (χ2n) is 3.76. The van der Waals surface area contributed by atoms with Gasteiger partial charge >= 0.3 is 11.9 Å². The minimum absolute atomic E-state index is 0. The Kier molecular flexibility index (Phi) is 9.98. The second-order valence-corrected chi connectivity index (χ2v) is 4.07. The first-order chi connectivity index (χ1) is 10.5. The molecular formula is C14H10Cl2O6Zn. The van der Waals surface area contributed by atoms with E-state index in [0.29, 0.717) is 0 Å². The predicted molar refractivity (Wildman–Crippen MR) is 79.8 cm³/mol. The van der Waals surface area contributed by atoms with Crippen LogP contribution in [0.25, 0.3) is 0 Å². The Bertz CT molecular complexity index is 608. The van der Waals surface area contributed by atoms with E-state index in [1.54, 1.807) is 24.3 Å². The van der Waals surface area contributed by atoms with Gasteiger partial charge in [-0.15, -0.1) is 0 Å². The van der Waals surface area contributed by atoms with E-state index in [4.69, 9.17) is 33.9 Å². The van der Waals surface area contributed by atoms with Gasteiger partial charge in [-0.1, -0.05) is 24.3 Å². The summed E-state index contributed by atoms with van der Waals surface area (Å²) in [5.41, 5.74) is 0.116. The average Bonchev–Trinajstić information content (AvgIpc) is 2.55. The molecule has 0 saturated heterocycles. The Morgan fingerprint density at radius 2 is 1.04 bits per heavy atom. The van der Waals surface area contributed by atoms with Gasteiger partial charge in [0.1, 0.15) is 34.9 Å². The van der Waals surface area contributed by atoms with Gasteiger partial charge in [0, 0.05) is 19.5 Å². The quantitative estimate of drug-likeness (QED) is 0.744. The molecule has 0 unspecified atom stereocenters. The summed E-state index contributed by atoms with van der Waals surface area (Å²) in [5, 5.41) is 17.1. The molecule has 9 heteroatoms. The van der Waals surface area contributed by atoms with Gasteiger partial charge in [-0.2, -0.15) is 0 Å². The van der Waals surface area contributed by atoms with Crippen LogP contribution < -0.4 is 8.58 Å². The van der Waals surface area contributed by atoms with Crippen LogP contribution in [0.5, 0.6) is 11.5 Å². The van der Waals surface area contributed by atoms with Gasteiger partial charge in [0.05, 0.1) is 0 Å². The van der Waals surface area contributed by atoms with Gasteiger partial charge in [0.2, 0.25) is 0 Å². The molecule has 0 radical (unpaired) electrons. The fourth-order valence-corrected chi connectivity index (χ4v) is 1.69. The van der Waals surface area contributed by atoms with Crippen molar-refractivity contribution < 1.29 is 47.9 Å². The smallest absolute Gasteiger partial charge is 0.339 e. The molecule has 0 fully saturated rings. The number of halogens is 2. The largest absolute Gasteiger partial charge is 0.478 e. The van der Waals surface area contributed by atoms with Crippen molar-refractivity contribution in [3.05, 3.63) is 59.7 Å². The molecule has 0 atom stereocenters. The molecule has 0 aliphatic rings. The average molecular weight is 411 g/mol. The third-order valence-corrected chi connectivity index (χ3v) is 2.73. The summed E-state index contributed by atoms with van der Waals surface area (Å²) < 4.78 is 8.60. The van der Waals surface area contributed by atoms with Crippen LogP contribution in [-0.4, -0.2) is 22.2 Å². The number of hydrogen-bond donors (Lipinski definition) is 2. The summed E-state index contributed by atoms with van der Waals surface area (Å²) in [6.07, 6.45) is 0. The molecule has 0 amide bonds. The zero-order chi connectivity index (χ0) is 16.5. The summed E-state index contributed by atoms with van der Waals surface area (Å²) in [6, 6.07) is 12.3. The minimum Gasteiger partial charge on any atom is -0.478 e. The monoisotopic (exact) mass is 408 g/mol. The molecule has 118 valence electrons. The van der Waals surface area contributed by atoms with Crippen LogP contribution in [0.1, 0.15) is 20.7 Å². The first kappa shape index (κ1) is 21.2. The Morgan fingerprint density at radius 3 is 1.26 bits per heavy atom. The van der Waals surface area contributed by atoms with Crippen LogP contribution in [-0.2, 0) is 19.5 Å². The maximum absolute atomic E-state index is 10.4. The molecule has 2 N–H and O–H groups in total. The van der Waals surface area contributed by atoms with Crippen molar-refractivity contribution in [3.63, 3.8) is 0 Å². The first-order valence-electron chi connectivity index (χ1n) is 5.73. The van der Waals surface area contributed by atoms with Crippen molar-refractivity contribution in [2.75, 3.05) is 0 Å². The van der Waals surface area contributed by atoms with E-state index in [1.807, 2.05) is 0 Å². The van der Waals surface area contributed by atoms with E-state index in [9.17, 15) is 9.59 Å². The number of para-hydroxylation sites is 2. The fourth-order valence-electron chi connectivity index (χ4n) is 1.42. The van der Waals surface area contributed by atoms with E-state index in [1.165, 1.54) is 24.3 Å². The molecule has 0 spiro atoms. The number of carbonyl (C=O) groups is 2. The fraction of sp³-hybridized carbons (Fsp3) is 0. The molecule has 2 aromatic carbocycles. The Morgan fingerprint density at radius 1 is 0.739 bits per heavy atom. The first-order valence-corrected chi connectivity index (χ1v) is 6.34. The number of benzene rings is 2. The van der Waals surface area contributed by atoms with Crippen molar-refractivity contribution in [3.8, 4) is 11.5 Å². The summed E-state index contributed by atoms with van der Waals surface area (Å²) in [6.45, 7) is 0. The van der Waals surface area contributed by atoms with Crippen LogP contribution in [0.4, 0.5) is 0 Å². The number of carboxylic acids is 2. The van der Waals surface area contributed by atoms with Crippen molar-refractivity contribution >= 4 is 35.7 Å². The number of aromatic carboxylic acids is 2. The Balaban J connectivity index is 0.000000403. The predicted octanol–water partition coefficient (Wildman–Crippen LogP) is 3.83. The van der Waals surface area contributed by atoms with Gasteiger partial charge in [0.15, 0.2) is 11.5 Å². The molecule has 0 aliphatic heterocycles. The summed E-state index contributed by atoms with van der Waals surface area (Å²) in [7, 11) is 0. The van der Waals surface area contributed by atoms with E-state index < -0.39 is 11.9 Å². The normalized spacial score (nSPS) is 8.78. The maximum atomic E-state index is 10.4. The van der Waals surface area contributed by atoms with Crippen LogP contribution in [0.2, 0.25) is 0 Å². The van der Waals surface area contributed by atoms with E-state index >= 15 is 0 Å². The number of rotatable bonds is 4. The van der Waals surface area contributed by atoms with Crippen molar-refractivity contribution in [2.45, 2.75) is 0 Å². The molecule has 23 heavy (non-hydrogen) atoms. The van der Waals surface area contributed by atoms with Crippen molar-refractivity contribution in [1.29, 1.82) is 0 Å². The molecular weight excluding hydrogens is 400 g/mol. The standard InChI is InChI=1S/2C7H5ClO3.Zn/c2*8-11-6-4-2-1-3-5(6)7(9)10;/h2*1-4H,(H,9,10);. The molecule has 0 heterocycles. The van der Waals surface area contributed by atoms with Gasteiger partial charge in [-0.3, -0.25) is 0 Å². The maximum Gasteiger partial charge on any atom is 0.339 e. The van der Waals surface area contributed by atoms with Crippen molar-refractivity contribution in [1.82, 2.24) is 0 Å².